The summed E-state index contributed by atoms with van der Waals surface area (Å²) in [5.74, 6) is 0. The van der Waals surface area contributed by atoms with Crippen LogP contribution in [0, 0.1) is 0 Å². The molecule has 0 heterocycles. The summed E-state index contributed by atoms with van der Waals surface area (Å²) in [5.41, 5.74) is 14.1. The van der Waals surface area contributed by atoms with Gasteiger partial charge < -0.3 is 4.90 Å². The molecule has 1 nitrogen and oxygen atoms in total. The van der Waals surface area contributed by atoms with E-state index in [1.54, 1.807) is 0 Å². The Hall–Kier alpha value is -6.44. The summed E-state index contributed by atoms with van der Waals surface area (Å²) in [6.45, 7) is 0. The quantitative estimate of drug-likeness (QED) is 0.172. The van der Waals surface area contributed by atoms with Crippen LogP contribution in [0.1, 0.15) is 22.3 Å². The molecule has 0 N–H and O–H groups in total. The summed E-state index contributed by atoms with van der Waals surface area (Å²) < 4.78 is 0. The normalized spacial score (nSPS) is 12.2. The molecule has 10 rings (SSSR count). The molecule has 9 aromatic rings. The molecule has 9 aromatic carbocycles. The first kappa shape index (κ1) is 29.5. The second kappa shape index (κ2) is 12.2. The molecule has 0 radical (unpaired) electrons. The van der Waals surface area contributed by atoms with E-state index in [-0.39, 0.29) is 0 Å². The lowest BCUT2D eigenvalue weighted by molar-refractivity contribution is 1.14. The van der Waals surface area contributed by atoms with Gasteiger partial charge in [0.15, 0.2) is 0 Å². The number of hydrogen-bond donors (Lipinski definition) is 0. The van der Waals surface area contributed by atoms with Gasteiger partial charge in [0.2, 0.25) is 0 Å². The molecular weight excluding hydrogens is 615 g/mol. The molecule has 0 atom stereocenters. The molecule has 0 saturated heterocycles. The van der Waals surface area contributed by atoms with Gasteiger partial charge in [0.05, 0.1) is 5.69 Å². The highest BCUT2D eigenvalue weighted by Gasteiger charge is 2.22. The number of fused-ring (bicyclic) bond motifs is 12. The fraction of sp³-hybridized carbons (Fsp3) is 0.0400. The number of anilines is 3. The molecule has 1 aliphatic rings. The van der Waals surface area contributed by atoms with Crippen LogP contribution in [0.2, 0.25) is 0 Å². The van der Waals surface area contributed by atoms with E-state index in [4.69, 9.17) is 0 Å². The van der Waals surface area contributed by atoms with Gasteiger partial charge >= 0.3 is 0 Å². The van der Waals surface area contributed by atoms with E-state index in [0.29, 0.717) is 0 Å². The van der Waals surface area contributed by atoms with Crippen LogP contribution in [0.3, 0.4) is 0 Å². The maximum atomic E-state index is 2.47. The highest BCUT2D eigenvalue weighted by atomic mass is 15.1. The van der Waals surface area contributed by atoms with Crippen LogP contribution in [0.5, 0.6) is 0 Å². The first-order valence-electron chi connectivity index (χ1n) is 17.9. The average Bonchev–Trinajstić information content (AvgIpc) is 3.19. The number of rotatable bonds is 3. The molecule has 0 saturated carbocycles. The Labute approximate surface area is 298 Å². The van der Waals surface area contributed by atoms with Gasteiger partial charge in [-0.15, -0.1) is 0 Å². The van der Waals surface area contributed by atoms with Crippen LogP contribution in [0.25, 0.3) is 54.6 Å². The largest absolute Gasteiger partial charge is 0.310 e. The van der Waals surface area contributed by atoms with E-state index in [9.17, 15) is 0 Å². The predicted molar refractivity (Wildman–Crippen MR) is 217 cm³/mol. The lowest BCUT2D eigenvalue weighted by atomic mass is 9.84. The van der Waals surface area contributed by atoms with Gasteiger partial charge in [0.1, 0.15) is 0 Å². The summed E-state index contributed by atoms with van der Waals surface area (Å²) >= 11 is 0. The molecule has 51 heavy (non-hydrogen) atoms. The van der Waals surface area contributed by atoms with Crippen LogP contribution in [-0.2, 0) is 12.8 Å². The van der Waals surface area contributed by atoms with E-state index < -0.39 is 0 Å². The van der Waals surface area contributed by atoms with Gasteiger partial charge in [-0.3, -0.25) is 0 Å². The van der Waals surface area contributed by atoms with Crippen molar-refractivity contribution < 1.29 is 0 Å². The second-order valence-corrected chi connectivity index (χ2v) is 13.6. The molecule has 240 valence electrons. The SMILES string of the molecule is c1ccc(N(c2ccc3c(c2)Cc2ccccc2-c2ccccc2Cc2ccccc2-3)c2cccc3c4ccccc4c4ccccc4c23)cc1. The van der Waals surface area contributed by atoms with Crippen molar-refractivity contribution in [1.29, 1.82) is 0 Å². The molecule has 0 aliphatic heterocycles. The third kappa shape index (κ3) is 4.93. The van der Waals surface area contributed by atoms with Crippen molar-refractivity contribution in [2.75, 3.05) is 4.90 Å². The monoisotopic (exact) mass is 649 g/mol. The minimum atomic E-state index is 0.827. The van der Waals surface area contributed by atoms with Gasteiger partial charge in [-0.2, -0.15) is 0 Å². The van der Waals surface area contributed by atoms with Crippen LogP contribution >= 0.6 is 0 Å². The Balaban J connectivity index is 1.25. The molecule has 0 fully saturated rings. The molecule has 0 bridgehead atoms. The predicted octanol–water partition coefficient (Wildman–Crippen LogP) is 13.4. The summed E-state index contributed by atoms with van der Waals surface area (Å²) in [5, 5.41) is 7.64. The van der Waals surface area contributed by atoms with Crippen molar-refractivity contribution >= 4 is 49.4 Å². The number of benzene rings is 9. The molecule has 0 amide bonds. The minimum absolute atomic E-state index is 0.827. The van der Waals surface area contributed by atoms with Crippen molar-refractivity contribution in [2.24, 2.45) is 0 Å². The van der Waals surface area contributed by atoms with Gasteiger partial charge in [-0.1, -0.05) is 158 Å². The second-order valence-electron chi connectivity index (χ2n) is 13.6. The Kier molecular flexibility index (Phi) is 7.03. The van der Waals surface area contributed by atoms with E-state index in [0.717, 1.165) is 24.2 Å². The van der Waals surface area contributed by atoms with Crippen molar-refractivity contribution in [3.8, 4) is 22.3 Å². The zero-order valence-corrected chi connectivity index (χ0v) is 28.3. The highest BCUT2D eigenvalue weighted by Crippen LogP contribution is 2.46. The Morgan fingerprint density at radius 1 is 0.294 bits per heavy atom. The Bertz CT molecular complexity index is 2710. The van der Waals surface area contributed by atoms with Crippen LogP contribution in [-0.4, -0.2) is 0 Å². The maximum Gasteiger partial charge on any atom is 0.0546 e. The Morgan fingerprint density at radius 3 is 1.31 bits per heavy atom. The third-order valence-corrected chi connectivity index (χ3v) is 10.7. The lowest BCUT2D eigenvalue weighted by Crippen LogP contribution is -2.12. The maximum absolute atomic E-state index is 2.47. The summed E-state index contributed by atoms with van der Waals surface area (Å²) in [6.07, 6.45) is 1.71. The smallest absolute Gasteiger partial charge is 0.0546 e. The van der Waals surface area contributed by atoms with Crippen molar-refractivity contribution in [2.45, 2.75) is 12.8 Å². The molecule has 0 aromatic heterocycles. The molecule has 1 heteroatoms. The van der Waals surface area contributed by atoms with Crippen molar-refractivity contribution in [3.05, 3.63) is 210 Å². The number of para-hydroxylation sites is 1. The van der Waals surface area contributed by atoms with E-state index >= 15 is 0 Å². The minimum Gasteiger partial charge on any atom is -0.310 e. The third-order valence-electron chi connectivity index (χ3n) is 10.7. The van der Waals surface area contributed by atoms with Gasteiger partial charge in [-0.05, 0) is 115 Å². The lowest BCUT2D eigenvalue weighted by Gasteiger charge is -2.29. The van der Waals surface area contributed by atoms with Gasteiger partial charge in [0.25, 0.3) is 0 Å². The van der Waals surface area contributed by atoms with Crippen LogP contribution < -0.4 is 4.90 Å². The van der Waals surface area contributed by atoms with E-state index in [2.05, 4.69) is 193 Å². The number of hydrogen-bond acceptors (Lipinski definition) is 1. The molecular formula is C50H35N. The zero-order valence-electron chi connectivity index (χ0n) is 28.3. The van der Waals surface area contributed by atoms with Crippen LogP contribution in [0.15, 0.2) is 188 Å². The summed E-state index contributed by atoms with van der Waals surface area (Å²) in [4.78, 5) is 2.47. The molecule has 0 spiro atoms. The molecule has 0 unspecified atom stereocenters. The first-order valence-corrected chi connectivity index (χ1v) is 17.9. The van der Waals surface area contributed by atoms with Crippen molar-refractivity contribution in [1.82, 2.24) is 0 Å². The van der Waals surface area contributed by atoms with E-state index in [1.807, 2.05) is 0 Å². The number of nitrogens with zero attached hydrogens (tertiary/aromatic N) is 1. The van der Waals surface area contributed by atoms with Gasteiger partial charge in [-0.25, -0.2) is 0 Å². The molecule has 1 aliphatic carbocycles. The highest BCUT2D eigenvalue weighted by molar-refractivity contribution is 6.28. The summed E-state index contributed by atoms with van der Waals surface area (Å²) in [6, 6.07) is 69.4. The average molecular weight is 650 g/mol. The topological polar surface area (TPSA) is 3.24 Å². The zero-order chi connectivity index (χ0) is 33.7. The summed E-state index contributed by atoms with van der Waals surface area (Å²) in [7, 11) is 0. The fourth-order valence-corrected chi connectivity index (χ4v) is 8.48. The van der Waals surface area contributed by atoms with E-state index in [1.165, 1.54) is 82.5 Å². The standard InChI is InChI=1S/C50H35N/c1-2-18-38(19-3-1)51(49-28-14-27-48-46-24-11-10-23-44(46)45-25-12-13-26-47(45)50(48)49)39-29-30-43-37(33-39)32-36-17-6-8-21-41(36)40-20-7-4-15-34(40)31-35-16-5-9-22-42(35)43/h1-30,33H,31-32H2. The fourth-order valence-electron chi connectivity index (χ4n) is 8.48. The Morgan fingerprint density at radius 2 is 0.725 bits per heavy atom. The van der Waals surface area contributed by atoms with Crippen molar-refractivity contribution in [3.63, 3.8) is 0 Å². The van der Waals surface area contributed by atoms with Gasteiger partial charge in [0, 0.05) is 16.8 Å². The first-order chi connectivity index (χ1) is 25.3. The van der Waals surface area contributed by atoms with Crippen LogP contribution in [0.4, 0.5) is 17.1 Å².